The Bertz CT molecular complexity index is 825. The molecule has 0 radical (unpaired) electrons. The van der Waals surface area contributed by atoms with Crippen LogP contribution in [-0.2, 0) is 16.0 Å². The van der Waals surface area contributed by atoms with Gasteiger partial charge in [-0.05, 0) is 61.6 Å². The smallest absolute Gasteiger partial charge is 0.303 e. The van der Waals surface area contributed by atoms with E-state index >= 15 is 0 Å². The number of aliphatic carboxylic acids is 1. The van der Waals surface area contributed by atoms with E-state index in [1.807, 2.05) is 6.92 Å². The molecular formula is C24H32N2O3. The number of carboxylic acids is 1. The summed E-state index contributed by atoms with van der Waals surface area (Å²) in [4.78, 5) is 13.5. The van der Waals surface area contributed by atoms with Gasteiger partial charge in [0.2, 0.25) is 0 Å². The van der Waals surface area contributed by atoms with E-state index in [1.54, 1.807) is 0 Å². The van der Waals surface area contributed by atoms with E-state index in [0.29, 0.717) is 0 Å². The molecule has 1 heterocycles. The van der Waals surface area contributed by atoms with Crippen molar-refractivity contribution < 1.29 is 14.6 Å². The molecule has 1 aliphatic rings. The van der Waals surface area contributed by atoms with Crippen LogP contribution in [0, 0.1) is 0 Å². The van der Waals surface area contributed by atoms with Crippen molar-refractivity contribution in [1.29, 1.82) is 0 Å². The van der Waals surface area contributed by atoms with Gasteiger partial charge in [-0.2, -0.15) is 0 Å². The second-order valence-electron chi connectivity index (χ2n) is 8.11. The third-order valence-electron chi connectivity index (χ3n) is 5.47. The Hall–Kier alpha value is -2.53. The molecule has 0 aromatic heterocycles. The van der Waals surface area contributed by atoms with Gasteiger partial charge in [-0.3, -0.25) is 4.79 Å². The molecule has 1 fully saturated rings. The first-order valence-electron chi connectivity index (χ1n) is 10.5. The molecule has 0 saturated carbocycles. The van der Waals surface area contributed by atoms with E-state index in [1.165, 1.54) is 5.56 Å². The molecule has 2 N–H and O–H groups in total. The molecule has 0 amide bonds. The van der Waals surface area contributed by atoms with Gasteiger partial charge in [0.25, 0.3) is 0 Å². The van der Waals surface area contributed by atoms with Gasteiger partial charge in [-0.25, -0.2) is 0 Å². The van der Waals surface area contributed by atoms with Crippen LogP contribution in [0.4, 0.5) is 17.1 Å². The second kappa shape index (κ2) is 9.31. The molecule has 3 rings (SSSR count). The minimum absolute atomic E-state index is 0.0490. The number of hydrogen-bond acceptors (Lipinski definition) is 4. The van der Waals surface area contributed by atoms with Crippen molar-refractivity contribution in [3.8, 4) is 0 Å². The van der Waals surface area contributed by atoms with Gasteiger partial charge in [0.05, 0.1) is 30.0 Å². The second-order valence-corrected chi connectivity index (χ2v) is 8.11. The largest absolute Gasteiger partial charge is 0.481 e. The quantitative estimate of drug-likeness (QED) is 0.675. The highest BCUT2D eigenvalue weighted by molar-refractivity contribution is 5.77. The third-order valence-corrected chi connectivity index (χ3v) is 5.47. The summed E-state index contributed by atoms with van der Waals surface area (Å²) in [5.74, 6) is -0.825. The standard InChI is InChI=1S/C24H32N2O3/c1-5-19-6-9-21(10-7-19)25-22-13-20(16(2)12-24(27)28)8-11-23(22)26-14-17(3)29-18(4)15-26/h6-11,13,16-18,25H,5,12,14-15H2,1-4H3,(H,27,28)/t16?,17-,18+. The van der Waals surface area contributed by atoms with E-state index < -0.39 is 5.97 Å². The summed E-state index contributed by atoms with van der Waals surface area (Å²) in [5, 5.41) is 12.7. The molecule has 0 bridgehead atoms. The zero-order chi connectivity index (χ0) is 21.0. The topological polar surface area (TPSA) is 61.8 Å². The maximum Gasteiger partial charge on any atom is 0.303 e. The molecule has 29 heavy (non-hydrogen) atoms. The van der Waals surface area contributed by atoms with Crippen molar-refractivity contribution in [1.82, 2.24) is 0 Å². The summed E-state index contributed by atoms with van der Waals surface area (Å²) in [6.07, 6.45) is 1.47. The van der Waals surface area contributed by atoms with Gasteiger partial charge in [0.1, 0.15) is 0 Å². The lowest BCUT2D eigenvalue weighted by Gasteiger charge is -2.38. The van der Waals surface area contributed by atoms with Crippen molar-refractivity contribution >= 4 is 23.0 Å². The predicted molar refractivity (Wildman–Crippen MR) is 118 cm³/mol. The lowest BCUT2D eigenvalue weighted by atomic mass is 9.96. The number of hydrogen-bond donors (Lipinski definition) is 2. The fourth-order valence-corrected chi connectivity index (χ4v) is 3.97. The fourth-order valence-electron chi connectivity index (χ4n) is 3.97. The average Bonchev–Trinajstić information content (AvgIpc) is 2.67. The summed E-state index contributed by atoms with van der Waals surface area (Å²) >= 11 is 0. The Morgan fingerprint density at radius 3 is 2.41 bits per heavy atom. The van der Waals surface area contributed by atoms with Crippen LogP contribution in [0.2, 0.25) is 0 Å². The van der Waals surface area contributed by atoms with Crippen LogP contribution in [-0.4, -0.2) is 36.4 Å². The average molecular weight is 397 g/mol. The summed E-state index contributed by atoms with van der Waals surface area (Å²) in [6, 6.07) is 14.7. The van der Waals surface area contributed by atoms with E-state index in [9.17, 15) is 9.90 Å². The minimum Gasteiger partial charge on any atom is -0.481 e. The van der Waals surface area contributed by atoms with Gasteiger partial charge in [0, 0.05) is 18.8 Å². The summed E-state index contributed by atoms with van der Waals surface area (Å²) in [5.41, 5.74) is 5.48. The Balaban J connectivity index is 1.94. The van der Waals surface area contributed by atoms with Gasteiger partial charge in [-0.15, -0.1) is 0 Å². The zero-order valence-corrected chi connectivity index (χ0v) is 17.8. The van der Waals surface area contributed by atoms with E-state index in [-0.39, 0.29) is 24.5 Å². The van der Waals surface area contributed by atoms with E-state index in [4.69, 9.17) is 4.74 Å². The van der Waals surface area contributed by atoms with Crippen molar-refractivity contribution in [2.45, 2.75) is 58.7 Å². The maximum absolute atomic E-state index is 11.2. The van der Waals surface area contributed by atoms with E-state index in [2.05, 4.69) is 73.5 Å². The number of carbonyl (C=O) groups is 1. The number of nitrogens with zero attached hydrogens (tertiary/aromatic N) is 1. The Labute approximate surface area is 173 Å². The van der Waals surface area contributed by atoms with Crippen LogP contribution >= 0.6 is 0 Å². The molecule has 5 heteroatoms. The number of aryl methyl sites for hydroxylation is 1. The predicted octanol–water partition coefficient (Wildman–Crippen LogP) is 5.18. The summed E-state index contributed by atoms with van der Waals surface area (Å²) < 4.78 is 5.90. The molecule has 1 aliphatic heterocycles. The molecule has 2 aromatic carbocycles. The lowest BCUT2D eigenvalue weighted by Crippen LogP contribution is -2.45. The molecule has 0 spiro atoms. The Morgan fingerprint density at radius 2 is 1.83 bits per heavy atom. The van der Waals surface area contributed by atoms with Crippen LogP contribution in [0.15, 0.2) is 42.5 Å². The van der Waals surface area contributed by atoms with Crippen molar-refractivity contribution in [3.63, 3.8) is 0 Å². The minimum atomic E-state index is -0.776. The monoisotopic (exact) mass is 396 g/mol. The zero-order valence-electron chi connectivity index (χ0n) is 17.8. The van der Waals surface area contributed by atoms with Gasteiger partial charge in [0.15, 0.2) is 0 Å². The summed E-state index contributed by atoms with van der Waals surface area (Å²) in [6.45, 7) is 9.97. The molecular weight excluding hydrogens is 364 g/mol. The number of anilines is 3. The first-order valence-corrected chi connectivity index (χ1v) is 10.5. The van der Waals surface area contributed by atoms with Crippen LogP contribution in [0.3, 0.4) is 0 Å². The van der Waals surface area contributed by atoms with Gasteiger partial charge < -0.3 is 20.1 Å². The van der Waals surface area contributed by atoms with Gasteiger partial charge in [-0.1, -0.05) is 32.0 Å². The molecule has 5 nitrogen and oxygen atoms in total. The molecule has 0 aliphatic carbocycles. The van der Waals surface area contributed by atoms with Crippen LogP contribution in [0.5, 0.6) is 0 Å². The van der Waals surface area contributed by atoms with Crippen LogP contribution < -0.4 is 10.2 Å². The highest BCUT2D eigenvalue weighted by Gasteiger charge is 2.24. The molecule has 156 valence electrons. The number of nitrogens with one attached hydrogen (secondary N) is 1. The SMILES string of the molecule is CCc1ccc(Nc2cc(C(C)CC(=O)O)ccc2N2C[C@@H](C)O[C@@H](C)C2)cc1. The van der Waals surface area contributed by atoms with Gasteiger partial charge >= 0.3 is 5.97 Å². The summed E-state index contributed by atoms with van der Waals surface area (Å²) in [7, 11) is 0. The highest BCUT2D eigenvalue weighted by atomic mass is 16.5. The fraction of sp³-hybridized carbons (Fsp3) is 0.458. The number of morpholine rings is 1. The number of carboxylic acid groups (broad SMARTS) is 1. The van der Waals surface area contributed by atoms with Crippen molar-refractivity contribution in [2.75, 3.05) is 23.3 Å². The first-order chi connectivity index (χ1) is 13.9. The normalized spacial score (nSPS) is 20.3. The highest BCUT2D eigenvalue weighted by Crippen LogP contribution is 2.34. The first kappa shape index (κ1) is 21.2. The van der Waals surface area contributed by atoms with Crippen molar-refractivity contribution in [3.05, 3.63) is 53.6 Å². The maximum atomic E-state index is 11.2. The Morgan fingerprint density at radius 1 is 1.17 bits per heavy atom. The number of benzene rings is 2. The lowest BCUT2D eigenvalue weighted by molar-refractivity contribution is -0.137. The molecule has 1 saturated heterocycles. The molecule has 3 atom stereocenters. The van der Waals surface area contributed by atoms with Crippen LogP contribution in [0.1, 0.15) is 51.2 Å². The van der Waals surface area contributed by atoms with Crippen LogP contribution in [0.25, 0.3) is 0 Å². The number of ether oxygens (including phenoxy) is 1. The van der Waals surface area contributed by atoms with Crippen molar-refractivity contribution in [2.24, 2.45) is 0 Å². The molecule has 2 aromatic rings. The third kappa shape index (κ3) is 5.51. The van der Waals surface area contributed by atoms with E-state index in [0.717, 1.165) is 42.1 Å². The number of rotatable bonds is 7. The Kier molecular flexibility index (Phi) is 6.80. The molecule has 1 unspecified atom stereocenters.